The zero-order valence-corrected chi connectivity index (χ0v) is 17.8. The van der Waals surface area contributed by atoms with E-state index in [1.807, 2.05) is 0 Å². The highest BCUT2D eigenvalue weighted by atomic mass is 28.4. The average molecular weight is 345 g/mol. The van der Waals surface area contributed by atoms with Crippen LogP contribution in [0.3, 0.4) is 0 Å². The second-order valence-corrected chi connectivity index (χ2v) is 13.4. The smallest absolute Gasteiger partial charge is 0.191 e. The molecule has 0 heterocycles. The molecule has 0 aliphatic carbocycles. The molecule has 2 nitrogen and oxygen atoms in total. The van der Waals surface area contributed by atoms with Crippen molar-refractivity contribution < 1.29 is 9.53 Å². The van der Waals surface area contributed by atoms with Crippen LogP contribution in [0.2, 0.25) is 18.1 Å². The fraction of sp³-hybridized carbons (Fsp3) is 1.00. The summed E-state index contributed by atoms with van der Waals surface area (Å²) in [4.78, 5) is 0. The molecule has 0 amide bonds. The van der Waals surface area contributed by atoms with Crippen molar-refractivity contribution in [2.75, 3.05) is 13.2 Å². The van der Waals surface area contributed by atoms with Gasteiger partial charge in [0.25, 0.3) is 0 Å². The first-order chi connectivity index (χ1) is 10.8. The summed E-state index contributed by atoms with van der Waals surface area (Å²) in [5.74, 6) is 0. The minimum Gasteiger partial charge on any atom is -0.417 e. The molecule has 1 N–H and O–H groups in total. The molecule has 0 saturated carbocycles. The van der Waals surface area contributed by atoms with Crippen molar-refractivity contribution in [3.8, 4) is 0 Å². The highest BCUT2D eigenvalue weighted by Crippen LogP contribution is 2.36. The van der Waals surface area contributed by atoms with Gasteiger partial charge < -0.3 is 9.53 Å². The van der Waals surface area contributed by atoms with E-state index in [1.165, 1.54) is 70.6 Å². The second-order valence-electron chi connectivity index (χ2n) is 8.58. The van der Waals surface area contributed by atoms with E-state index in [2.05, 4.69) is 33.9 Å². The maximum atomic E-state index is 8.71. The van der Waals surface area contributed by atoms with Crippen LogP contribution in [0.25, 0.3) is 0 Å². The first-order valence-electron chi connectivity index (χ1n) is 10.1. The van der Waals surface area contributed by atoms with Crippen molar-refractivity contribution in [3.05, 3.63) is 0 Å². The summed E-state index contributed by atoms with van der Waals surface area (Å²) in [5.41, 5.74) is 0. The molecule has 0 saturated heterocycles. The third-order valence-corrected chi connectivity index (χ3v) is 9.86. The van der Waals surface area contributed by atoms with E-state index in [4.69, 9.17) is 9.53 Å². The van der Waals surface area contributed by atoms with Gasteiger partial charge in [-0.1, -0.05) is 85.0 Å². The van der Waals surface area contributed by atoms with Crippen LogP contribution in [0.15, 0.2) is 0 Å². The molecule has 0 unspecified atom stereocenters. The summed E-state index contributed by atoms with van der Waals surface area (Å²) in [6.45, 7) is 12.9. The Hall–Kier alpha value is 0.137. The molecule has 0 spiro atoms. The Labute approximate surface area is 147 Å². The van der Waals surface area contributed by atoms with E-state index in [-0.39, 0.29) is 0 Å². The summed E-state index contributed by atoms with van der Waals surface area (Å²) in [5, 5.41) is 9.05. The van der Waals surface area contributed by atoms with Crippen LogP contribution in [-0.2, 0) is 4.43 Å². The van der Waals surface area contributed by atoms with Crippen LogP contribution in [0.5, 0.6) is 0 Å². The van der Waals surface area contributed by atoms with Crippen LogP contribution >= 0.6 is 0 Å². The molecule has 0 aliphatic heterocycles. The van der Waals surface area contributed by atoms with E-state index < -0.39 is 8.32 Å². The fourth-order valence-corrected chi connectivity index (χ4v) is 3.61. The molecule has 23 heavy (non-hydrogen) atoms. The molecule has 0 aromatic carbocycles. The maximum absolute atomic E-state index is 8.71. The third kappa shape index (κ3) is 13.1. The van der Waals surface area contributed by atoms with Crippen LogP contribution in [0.1, 0.15) is 97.8 Å². The van der Waals surface area contributed by atoms with Gasteiger partial charge in [-0.15, -0.1) is 0 Å². The summed E-state index contributed by atoms with van der Waals surface area (Å²) in [7, 11) is -1.52. The van der Waals surface area contributed by atoms with Crippen LogP contribution < -0.4 is 0 Å². The number of hydrogen-bond donors (Lipinski definition) is 1. The zero-order chi connectivity index (χ0) is 17.6. The predicted molar refractivity (Wildman–Crippen MR) is 106 cm³/mol. The monoisotopic (exact) mass is 344 g/mol. The standard InChI is InChI=1S/C20H44O2Si/c1-20(2,3)23(4,5)22-19-17-15-13-11-9-7-6-8-10-12-14-16-18-21/h21H,6-19H2,1-5H3. The van der Waals surface area contributed by atoms with Gasteiger partial charge in [-0.25, -0.2) is 0 Å². The molecule has 0 fully saturated rings. The predicted octanol–water partition coefficient (Wildman–Crippen LogP) is 6.68. The summed E-state index contributed by atoms with van der Waals surface area (Å²) < 4.78 is 6.22. The largest absolute Gasteiger partial charge is 0.417 e. The minimum atomic E-state index is -1.52. The van der Waals surface area contributed by atoms with E-state index >= 15 is 0 Å². The molecule has 0 aliphatic rings. The first kappa shape index (κ1) is 23.1. The number of rotatable bonds is 15. The lowest BCUT2D eigenvalue weighted by Crippen LogP contribution is -2.40. The Balaban J connectivity index is 3.25. The molecular weight excluding hydrogens is 300 g/mol. The van der Waals surface area contributed by atoms with Crippen molar-refractivity contribution in [1.29, 1.82) is 0 Å². The quantitative estimate of drug-likeness (QED) is 0.265. The minimum absolute atomic E-state index is 0.338. The van der Waals surface area contributed by atoms with Gasteiger partial charge in [0.2, 0.25) is 0 Å². The van der Waals surface area contributed by atoms with E-state index in [1.54, 1.807) is 0 Å². The molecule has 0 bridgehead atoms. The lowest BCUT2D eigenvalue weighted by molar-refractivity contribution is 0.277. The number of hydrogen-bond acceptors (Lipinski definition) is 2. The average Bonchev–Trinajstić information content (AvgIpc) is 2.46. The molecular formula is C20H44O2Si. The number of aliphatic hydroxyl groups is 1. The first-order valence-corrected chi connectivity index (χ1v) is 13.0. The molecule has 3 heteroatoms. The molecule has 0 radical (unpaired) electrons. The van der Waals surface area contributed by atoms with Gasteiger partial charge in [0.15, 0.2) is 8.32 Å². The summed E-state index contributed by atoms with van der Waals surface area (Å²) in [6.07, 6.45) is 15.8. The Bertz CT molecular complexity index is 259. The van der Waals surface area contributed by atoms with Gasteiger partial charge in [-0.3, -0.25) is 0 Å². The Morgan fingerprint density at radius 3 is 1.35 bits per heavy atom. The van der Waals surface area contributed by atoms with Gasteiger partial charge in [0.05, 0.1) is 0 Å². The maximum Gasteiger partial charge on any atom is 0.191 e. The van der Waals surface area contributed by atoms with Crippen molar-refractivity contribution in [2.45, 2.75) is 116 Å². The van der Waals surface area contributed by atoms with E-state index in [9.17, 15) is 0 Å². The zero-order valence-electron chi connectivity index (χ0n) is 16.8. The second kappa shape index (κ2) is 13.4. The third-order valence-electron chi connectivity index (χ3n) is 5.32. The van der Waals surface area contributed by atoms with Crippen molar-refractivity contribution in [1.82, 2.24) is 0 Å². The molecule has 0 aromatic heterocycles. The molecule has 0 atom stereocenters. The number of aliphatic hydroxyl groups excluding tert-OH is 1. The van der Waals surface area contributed by atoms with Gasteiger partial charge >= 0.3 is 0 Å². The Morgan fingerprint density at radius 1 is 0.652 bits per heavy atom. The van der Waals surface area contributed by atoms with Crippen LogP contribution in [0, 0.1) is 0 Å². The Kier molecular flexibility index (Phi) is 13.5. The molecule has 0 aromatic rings. The highest BCUT2D eigenvalue weighted by Gasteiger charge is 2.36. The Morgan fingerprint density at radius 2 is 1.00 bits per heavy atom. The van der Waals surface area contributed by atoms with Crippen LogP contribution in [-0.4, -0.2) is 26.6 Å². The SMILES string of the molecule is CC(C)(C)[Si](C)(C)OCCCCCCCCCCCCCCO. The lowest BCUT2D eigenvalue weighted by Gasteiger charge is -2.36. The fourth-order valence-electron chi connectivity index (χ4n) is 2.53. The van der Waals surface area contributed by atoms with Crippen molar-refractivity contribution in [3.63, 3.8) is 0 Å². The summed E-state index contributed by atoms with van der Waals surface area (Å²) in [6, 6.07) is 0. The molecule has 140 valence electrons. The van der Waals surface area contributed by atoms with E-state index in [0.29, 0.717) is 11.6 Å². The topological polar surface area (TPSA) is 29.5 Å². The summed E-state index contributed by atoms with van der Waals surface area (Å²) >= 11 is 0. The van der Waals surface area contributed by atoms with Crippen LogP contribution in [0.4, 0.5) is 0 Å². The van der Waals surface area contributed by atoms with Crippen molar-refractivity contribution >= 4 is 8.32 Å². The molecule has 0 rings (SSSR count). The van der Waals surface area contributed by atoms with E-state index in [0.717, 1.165) is 13.0 Å². The lowest BCUT2D eigenvalue weighted by atomic mass is 10.1. The van der Waals surface area contributed by atoms with Gasteiger partial charge in [-0.2, -0.15) is 0 Å². The van der Waals surface area contributed by atoms with Gasteiger partial charge in [-0.05, 0) is 31.0 Å². The van der Waals surface area contributed by atoms with Crippen molar-refractivity contribution in [2.24, 2.45) is 0 Å². The normalized spacial score (nSPS) is 12.8. The van der Waals surface area contributed by atoms with Gasteiger partial charge in [0.1, 0.15) is 0 Å². The number of unbranched alkanes of at least 4 members (excludes halogenated alkanes) is 11. The highest BCUT2D eigenvalue weighted by molar-refractivity contribution is 6.74. The van der Waals surface area contributed by atoms with Gasteiger partial charge in [0, 0.05) is 13.2 Å².